The molecular formula is C24H28N2. The molecule has 26 heavy (non-hydrogen) atoms. The first-order valence-electron chi connectivity index (χ1n) is 9.36. The maximum Gasteiger partial charge on any atom is 0.0633 e. The van der Waals surface area contributed by atoms with E-state index in [4.69, 9.17) is 0 Å². The molecule has 1 unspecified atom stereocenters. The molecule has 0 N–H and O–H groups in total. The molecule has 1 aliphatic heterocycles. The fraction of sp³-hybridized carbons (Fsp3) is 0.292. The first-order valence-corrected chi connectivity index (χ1v) is 9.36. The SMILES string of the molecule is C=C(N=C(C)/C=C\C)c1ccc(C(C)N2CCc3ccccc3C2)cc1. The second kappa shape index (κ2) is 8.29. The lowest BCUT2D eigenvalue weighted by Gasteiger charge is -2.34. The Balaban J connectivity index is 1.71. The van der Waals surface area contributed by atoms with Gasteiger partial charge in [0.05, 0.1) is 5.70 Å². The van der Waals surface area contributed by atoms with Crippen LogP contribution in [0.5, 0.6) is 0 Å². The predicted molar refractivity (Wildman–Crippen MR) is 112 cm³/mol. The number of hydrogen-bond donors (Lipinski definition) is 0. The Hall–Kier alpha value is -2.45. The van der Waals surface area contributed by atoms with Crippen molar-refractivity contribution in [1.82, 2.24) is 4.90 Å². The quantitative estimate of drug-likeness (QED) is 0.625. The molecule has 1 aliphatic rings. The molecule has 3 rings (SSSR count). The van der Waals surface area contributed by atoms with Crippen LogP contribution in [0.15, 0.2) is 72.3 Å². The number of hydrogen-bond acceptors (Lipinski definition) is 2. The van der Waals surface area contributed by atoms with E-state index >= 15 is 0 Å². The van der Waals surface area contributed by atoms with E-state index in [0.717, 1.165) is 36.5 Å². The van der Waals surface area contributed by atoms with Crippen LogP contribution in [0.4, 0.5) is 0 Å². The molecule has 0 radical (unpaired) electrons. The van der Waals surface area contributed by atoms with Crippen LogP contribution in [-0.4, -0.2) is 17.2 Å². The van der Waals surface area contributed by atoms with E-state index in [-0.39, 0.29) is 0 Å². The van der Waals surface area contributed by atoms with Crippen LogP contribution in [0.1, 0.15) is 49.1 Å². The van der Waals surface area contributed by atoms with E-state index in [0.29, 0.717) is 6.04 Å². The largest absolute Gasteiger partial charge is 0.292 e. The van der Waals surface area contributed by atoms with Crippen molar-refractivity contribution in [2.45, 2.75) is 39.8 Å². The molecule has 0 fully saturated rings. The summed E-state index contributed by atoms with van der Waals surface area (Å²) in [6.45, 7) is 12.5. The standard InChI is InChI=1S/C24H28N2/c1-5-8-18(2)25-19(3)21-11-13-22(14-12-21)20(4)26-16-15-23-9-6-7-10-24(23)17-26/h5-14,20H,3,15-17H2,1-2,4H3/b8-5-,25-18?. The summed E-state index contributed by atoms with van der Waals surface area (Å²) in [6.07, 6.45) is 5.12. The van der Waals surface area contributed by atoms with E-state index in [1.54, 1.807) is 0 Å². The third-order valence-corrected chi connectivity index (χ3v) is 5.15. The van der Waals surface area contributed by atoms with Crippen molar-refractivity contribution >= 4 is 11.4 Å². The zero-order valence-electron chi connectivity index (χ0n) is 16.1. The molecule has 134 valence electrons. The van der Waals surface area contributed by atoms with E-state index in [1.165, 1.54) is 16.7 Å². The third kappa shape index (κ3) is 4.20. The second-order valence-corrected chi connectivity index (χ2v) is 6.99. The highest BCUT2D eigenvalue weighted by Gasteiger charge is 2.21. The van der Waals surface area contributed by atoms with Crippen molar-refractivity contribution < 1.29 is 0 Å². The summed E-state index contributed by atoms with van der Waals surface area (Å²) in [5.41, 5.74) is 7.17. The molecule has 0 spiro atoms. The first-order chi connectivity index (χ1) is 12.6. The van der Waals surface area contributed by atoms with Gasteiger partial charge in [-0.05, 0) is 55.5 Å². The van der Waals surface area contributed by atoms with Crippen LogP contribution in [0.2, 0.25) is 0 Å². The van der Waals surface area contributed by atoms with Gasteiger partial charge in [0.15, 0.2) is 0 Å². The average Bonchev–Trinajstić information content (AvgIpc) is 2.67. The number of aliphatic imine (C=N–C) groups is 1. The molecule has 1 heterocycles. The Morgan fingerprint density at radius 3 is 2.50 bits per heavy atom. The number of rotatable bonds is 5. The lowest BCUT2D eigenvalue weighted by atomic mass is 9.96. The van der Waals surface area contributed by atoms with E-state index < -0.39 is 0 Å². The first kappa shape index (κ1) is 18.3. The van der Waals surface area contributed by atoms with Gasteiger partial charge in [-0.25, -0.2) is 0 Å². The summed E-state index contributed by atoms with van der Waals surface area (Å²) in [5.74, 6) is 0. The van der Waals surface area contributed by atoms with Crippen LogP contribution in [0, 0.1) is 0 Å². The molecule has 0 bridgehead atoms. The van der Waals surface area contributed by atoms with Gasteiger partial charge in [0.1, 0.15) is 0 Å². The summed E-state index contributed by atoms with van der Waals surface area (Å²) in [4.78, 5) is 7.11. The lowest BCUT2D eigenvalue weighted by molar-refractivity contribution is 0.192. The smallest absolute Gasteiger partial charge is 0.0633 e. The highest BCUT2D eigenvalue weighted by molar-refractivity contribution is 5.96. The Kier molecular flexibility index (Phi) is 5.85. The van der Waals surface area contributed by atoms with Gasteiger partial charge in [0.2, 0.25) is 0 Å². The highest BCUT2D eigenvalue weighted by Crippen LogP contribution is 2.28. The minimum atomic E-state index is 0.402. The van der Waals surface area contributed by atoms with Gasteiger partial charge in [-0.2, -0.15) is 0 Å². The molecule has 0 saturated carbocycles. The Morgan fingerprint density at radius 2 is 1.81 bits per heavy atom. The third-order valence-electron chi connectivity index (χ3n) is 5.15. The predicted octanol–water partition coefficient (Wildman–Crippen LogP) is 5.81. The Morgan fingerprint density at radius 1 is 1.12 bits per heavy atom. The molecule has 2 nitrogen and oxygen atoms in total. The van der Waals surface area contributed by atoms with Crippen molar-refractivity contribution in [1.29, 1.82) is 0 Å². The molecule has 2 aromatic carbocycles. The summed E-state index contributed by atoms with van der Waals surface area (Å²) >= 11 is 0. The monoisotopic (exact) mass is 344 g/mol. The maximum atomic E-state index is 4.55. The number of nitrogens with zero attached hydrogens (tertiary/aromatic N) is 2. The Bertz CT molecular complexity index is 828. The Labute approximate surface area is 157 Å². The van der Waals surface area contributed by atoms with Crippen molar-refractivity contribution in [3.05, 3.63) is 89.5 Å². The van der Waals surface area contributed by atoms with E-state index in [2.05, 4.69) is 71.9 Å². The van der Waals surface area contributed by atoms with Crippen LogP contribution < -0.4 is 0 Å². The van der Waals surface area contributed by atoms with Crippen molar-refractivity contribution in [3.8, 4) is 0 Å². The van der Waals surface area contributed by atoms with Crippen LogP contribution in [-0.2, 0) is 13.0 Å². The molecule has 0 saturated heterocycles. The zero-order chi connectivity index (χ0) is 18.5. The molecule has 1 atom stereocenters. The van der Waals surface area contributed by atoms with Crippen LogP contribution in [0.25, 0.3) is 5.70 Å². The van der Waals surface area contributed by atoms with Gasteiger partial charge in [0.25, 0.3) is 0 Å². The lowest BCUT2D eigenvalue weighted by Crippen LogP contribution is -2.32. The zero-order valence-corrected chi connectivity index (χ0v) is 16.1. The molecule has 0 aromatic heterocycles. The van der Waals surface area contributed by atoms with Gasteiger partial charge >= 0.3 is 0 Å². The van der Waals surface area contributed by atoms with Crippen molar-refractivity contribution in [3.63, 3.8) is 0 Å². The summed E-state index contributed by atoms with van der Waals surface area (Å²) < 4.78 is 0. The summed E-state index contributed by atoms with van der Waals surface area (Å²) in [7, 11) is 0. The fourth-order valence-corrected chi connectivity index (χ4v) is 3.57. The van der Waals surface area contributed by atoms with E-state index in [1.807, 2.05) is 26.0 Å². The van der Waals surface area contributed by atoms with E-state index in [9.17, 15) is 0 Å². The van der Waals surface area contributed by atoms with Gasteiger partial charge in [-0.1, -0.05) is 61.2 Å². The molecular weight excluding hydrogens is 316 g/mol. The van der Waals surface area contributed by atoms with Gasteiger partial charge in [-0.3, -0.25) is 9.89 Å². The van der Waals surface area contributed by atoms with Gasteiger partial charge < -0.3 is 0 Å². The van der Waals surface area contributed by atoms with Crippen molar-refractivity contribution in [2.75, 3.05) is 6.54 Å². The fourth-order valence-electron chi connectivity index (χ4n) is 3.57. The number of benzene rings is 2. The van der Waals surface area contributed by atoms with Crippen molar-refractivity contribution in [2.24, 2.45) is 4.99 Å². The summed E-state index contributed by atoms with van der Waals surface area (Å²) in [6, 6.07) is 17.9. The summed E-state index contributed by atoms with van der Waals surface area (Å²) in [5, 5.41) is 0. The highest BCUT2D eigenvalue weighted by atomic mass is 15.2. The second-order valence-electron chi connectivity index (χ2n) is 6.99. The van der Waals surface area contributed by atoms with Crippen LogP contribution >= 0.6 is 0 Å². The maximum absolute atomic E-state index is 4.55. The average molecular weight is 345 g/mol. The van der Waals surface area contributed by atoms with Crippen LogP contribution in [0.3, 0.4) is 0 Å². The molecule has 0 amide bonds. The topological polar surface area (TPSA) is 15.6 Å². The number of fused-ring (bicyclic) bond motifs is 1. The van der Waals surface area contributed by atoms with Gasteiger partial charge in [0, 0.05) is 24.8 Å². The molecule has 2 heteroatoms. The molecule has 0 aliphatic carbocycles. The molecule has 2 aromatic rings. The minimum Gasteiger partial charge on any atom is -0.292 e. The normalized spacial score (nSPS) is 16.5. The van der Waals surface area contributed by atoms with Gasteiger partial charge in [-0.15, -0.1) is 0 Å². The number of allylic oxidation sites excluding steroid dienone is 2. The minimum absolute atomic E-state index is 0.402.